The molecule has 94 valence electrons. The van der Waals surface area contributed by atoms with Gasteiger partial charge in [-0.15, -0.1) is 0 Å². The Morgan fingerprint density at radius 2 is 2.00 bits per heavy atom. The summed E-state index contributed by atoms with van der Waals surface area (Å²) in [6.45, 7) is 0.513. The lowest BCUT2D eigenvalue weighted by Gasteiger charge is -2.25. The summed E-state index contributed by atoms with van der Waals surface area (Å²) >= 11 is 2.90. The van der Waals surface area contributed by atoms with Crippen molar-refractivity contribution in [2.45, 2.75) is 25.4 Å². The fourth-order valence-electron chi connectivity index (χ4n) is 1.68. The van der Waals surface area contributed by atoms with Crippen LogP contribution in [0.2, 0.25) is 0 Å². The van der Waals surface area contributed by atoms with Crippen molar-refractivity contribution in [3.8, 4) is 5.75 Å². The minimum atomic E-state index is -4.35. The molecule has 0 aliphatic heterocycles. The van der Waals surface area contributed by atoms with Crippen LogP contribution in [0.4, 0.5) is 13.2 Å². The van der Waals surface area contributed by atoms with Gasteiger partial charge in [0.1, 0.15) is 5.75 Å². The van der Waals surface area contributed by atoms with Gasteiger partial charge in [-0.3, -0.25) is 0 Å². The first-order valence-corrected chi connectivity index (χ1v) is 6.25. The molecule has 0 unspecified atom stereocenters. The molecule has 0 aromatic heterocycles. The van der Waals surface area contributed by atoms with Gasteiger partial charge in [0.2, 0.25) is 0 Å². The van der Waals surface area contributed by atoms with Crippen molar-refractivity contribution in [3.63, 3.8) is 0 Å². The van der Waals surface area contributed by atoms with Crippen molar-refractivity contribution < 1.29 is 17.9 Å². The third-order valence-corrected chi connectivity index (χ3v) is 3.65. The van der Waals surface area contributed by atoms with Crippen LogP contribution in [-0.2, 0) is 6.18 Å². The highest BCUT2D eigenvalue weighted by Crippen LogP contribution is 2.37. The lowest BCUT2D eigenvalue weighted by molar-refractivity contribution is -0.138. The molecule has 1 aromatic carbocycles. The van der Waals surface area contributed by atoms with E-state index in [1.807, 2.05) is 0 Å². The van der Waals surface area contributed by atoms with Crippen molar-refractivity contribution in [3.05, 3.63) is 28.2 Å². The summed E-state index contributed by atoms with van der Waals surface area (Å²) in [4.78, 5) is 0. The first-order chi connectivity index (χ1) is 7.97. The molecule has 1 aromatic rings. The molecule has 0 bridgehead atoms. The third kappa shape index (κ3) is 3.15. The maximum atomic E-state index is 12.6. The number of alkyl halides is 3. The highest BCUT2D eigenvalue weighted by molar-refractivity contribution is 9.10. The number of rotatable bonds is 3. The predicted octanol–water partition coefficient (Wildman–Crippen LogP) is 4.65. The van der Waals surface area contributed by atoms with Gasteiger partial charge in [-0.25, -0.2) is 0 Å². The fraction of sp³-hybridized carbons (Fsp3) is 0.500. The zero-order chi connectivity index (χ0) is 12.5. The summed E-state index contributed by atoms with van der Waals surface area (Å²) in [5, 5.41) is 0. The van der Waals surface area contributed by atoms with Gasteiger partial charge in [0.25, 0.3) is 0 Å². The van der Waals surface area contributed by atoms with Gasteiger partial charge in [0, 0.05) is 4.47 Å². The van der Waals surface area contributed by atoms with Gasteiger partial charge < -0.3 is 4.74 Å². The number of benzene rings is 1. The second kappa shape index (κ2) is 4.88. The first-order valence-electron chi connectivity index (χ1n) is 5.46. The monoisotopic (exact) mass is 308 g/mol. The Hall–Kier alpha value is -0.710. The topological polar surface area (TPSA) is 9.23 Å². The fourth-order valence-corrected chi connectivity index (χ4v) is 2.16. The molecule has 0 amide bonds. The van der Waals surface area contributed by atoms with Crippen LogP contribution in [0, 0.1) is 5.92 Å². The molecular weight excluding hydrogens is 297 g/mol. The van der Waals surface area contributed by atoms with Gasteiger partial charge in [-0.05, 0) is 37.0 Å². The molecule has 0 radical (unpaired) electrons. The summed E-state index contributed by atoms with van der Waals surface area (Å²) in [7, 11) is 0. The standard InChI is InChI=1S/C12H12BrF3O/c13-11-5-4-9(6-10(11)12(14,15)16)17-7-8-2-1-3-8/h4-6,8H,1-3,7H2. The number of halogens is 4. The molecule has 2 rings (SSSR count). The van der Waals surface area contributed by atoms with Crippen LogP contribution in [-0.4, -0.2) is 6.61 Å². The van der Waals surface area contributed by atoms with E-state index < -0.39 is 11.7 Å². The maximum absolute atomic E-state index is 12.6. The zero-order valence-electron chi connectivity index (χ0n) is 9.06. The van der Waals surface area contributed by atoms with E-state index in [9.17, 15) is 13.2 Å². The Kier molecular flexibility index (Phi) is 3.66. The molecule has 5 heteroatoms. The van der Waals surface area contributed by atoms with Crippen molar-refractivity contribution in [2.75, 3.05) is 6.61 Å². The third-order valence-electron chi connectivity index (χ3n) is 2.95. The average molecular weight is 309 g/mol. The highest BCUT2D eigenvalue weighted by atomic mass is 79.9. The van der Waals surface area contributed by atoms with Crippen LogP contribution in [0.3, 0.4) is 0 Å². The SMILES string of the molecule is FC(F)(F)c1cc(OCC2CCC2)ccc1Br. The number of hydrogen-bond acceptors (Lipinski definition) is 1. The van der Waals surface area contributed by atoms with Crippen LogP contribution < -0.4 is 4.74 Å². The summed E-state index contributed by atoms with van der Waals surface area (Å²) in [5.41, 5.74) is -0.691. The summed E-state index contributed by atoms with van der Waals surface area (Å²) in [6, 6.07) is 3.97. The van der Waals surface area contributed by atoms with Gasteiger partial charge >= 0.3 is 6.18 Å². The molecule has 1 fully saturated rings. The van der Waals surface area contributed by atoms with Crippen LogP contribution in [0.5, 0.6) is 5.75 Å². The minimum Gasteiger partial charge on any atom is -0.493 e. The van der Waals surface area contributed by atoms with E-state index in [2.05, 4.69) is 15.9 Å². The Balaban J connectivity index is 2.07. The second-order valence-corrected chi connectivity index (χ2v) is 5.10. The van der Waals surface area contributed by atoms with E-state index in [4.69, 9.17) is 4.74 Å². The lowest BCUT2D eigenvalue weighted by Crippen LogP contribution is -2.19. The molecule has 0 saturated heterocycles. The van der Waals surface area contributed by atoms with Gasteiger partial charge in [-0.1, -0.05) is 22.4 Å². The van der Waals surface area contributed by atoms with Crippen molar-refractivity contribution in [1.82, 2.24) is 0 Å². The van der Waals surface area contributed by atoms with E-state index >= 15 is 0 Å². The molecule has 1 aliphatic rings. The molecule has 1 saturated carbocycles. The smallest absolute Gasteiger partial charge is 0.417 e. The van der Waals surface area contributed by atoms with E-state index in [-0.39, 0.29) is 10.2 Å². The van der Waals surface area contributed by atoms with E-state index in [0.29, 0.717) is 12.5 Å². The van der Waals surface area contributed by atoms with Crippen LogP contribution in [0.1, 0.15) is 24.8 Å². The van der Waals surface area contributed by atoms with E-state index in [1.54, 1.807) is 6.07 Å². The molecule has 0 heterocycles. The first kappa shape index (κ1) is 12.7. The average Bonchev–Trinajstić information content (AvgIpc) is 2.16. The maximum Gasteiger partial charge on any atom is 0.417 e. The van der Waals surface area contributed by atoms with Gasteiger partial charge in [0.15, 0.2) is 0 Å². The predicted molar refractivity (Wildman–Crippen MR) is 62.0 cm³/mol. The molecule has 0 N–H and O–H groups in total. The number of ether oxygens (including phenoxy) is 1. The quantitative estimate of drug-likeness (QED) is 0.790. The molecule has 1 nitrogen and oxygen atoms in total. The highest BCUT2D eigenvalue weighted by Gasteiger charge is 2.33. The minimum absolute atomic E-state index is 0.0426. The zero-order valence-corrected chi connectivity index (χ0v) is 10.6. The molecule has 0 spiro atoms. The molecular formula is C12H12BrF3O. The molecule has 1 aliphatic carbocycles. The largest absolute Gasteiger partial charge is 0.493 e. The second-order valence-electron chi connectivity index (χ2n) is 4.25. The normalized spacial score (nSPS) is 16.7. The number of hydrogen-bond donors (Lipinski definition) is 0. The van der Waals surface area contributed by atoms with Gasteiger partial charge in [-0.2, -0.15) is 13.2 Å². The van der Waals surface area contributed by atoms with Gasteiger partial charge in [0.05, 0.1) is 12.2 Å². The van der Waals surface area contributed by atoms with Crippen molar-refractivity contribution in [2.24, 2.45) is 5.92 Å². The summed E-state index contributed by atoms with van der Waals surface area (Å²) in [5.74, 6) is 0.792. The molecule has 17 heavy (non-hydrogen) atoms. The van der Waals surface area contributed by atoms with Crippen LogP contribution >= 0.6 is 15.9 Å². The Morgan fingerprint density at radius 3 is 2.53 bits per heavy atom. The summed E-state index contributed by atoms with van der Waals surface area (Å²) < 4.78 is 43.3. The van der Waals surface area contributed by atoms with Crippen LogP contribution in [0.15, 0.2) is 22.7 Å². The van der Waals surface area contributed by atoms with E-state index in [0.717, 1.165) is 18.9 Å². The van der Waals surface area contributed by atoms with Crippen molar-refractivity contribution in [1.29, 1.82) is 0 Å². The summed E-state index contributed by atoms with van der Waals surface area (Å²) in [6.07, 6.45) is -0.928. The lowest BCUT2D eigenvalue weighted by atomic mass is 9.86. The van der Waals surface area contributed by atoms with E-state index in [1.165, 1.54) is 12.5 Å². The Bertz CT molecular complexity index is 399. The Morgan fingerprint density at radius 1 is 1.29 bits per heavy atom. The Labute approximate surface area is 106 Å². The molecule has 0 atom stereocenters. The van der Waals surface area contributed by atoms with Crippen molar-refractivity contribution >= 4 is 15.9 Å². The van der Waals surface area contributed by atoms with Crippen LogP contribution in [0.25, 0.3) is 0 Å².